The molecule has 1 saturated heterocycles. The molecule has 0 saturated carbocycles. The molecular formula is C10H14N2O2S2. The fourth-order valence-corrected chi connectivity index (χ4v) is 3.41. The normalized spacial score (nSPS) is 16.2. The van der Waals surface area contributed by atoms with Gasteiger partial charge in [-0.25, -0.2) is 9.78 Å². The number of esters is 1. The first-order valence-corrected chi connectivity index (χ1v) is 7.08. The minimum Gasteiger partial charge on any atom is -0.464 e. The molecule has 4 nitrogen and oxygen atoms in total. The second-order valence-corrected chi connectivity index (χ2v) is 5.90. The van der Waals surface area contributed by atoms with E-state index in [2.05, 4.69) is 9.88 Å². The number of thiazole rings is 1. The molecule has 1 aromatic rings. The van der Waals surface area contributed by atoms with E-state index in [-0.39, 0.29) is 5.97 Å². The SMILES string of the molecule is COC(=O)c1nc(N2CCSCC2)sc1C. The lowest BCUT2D eigenvalue weighted by Crippen LogP contribution is -2.32. The summed E-state index contributed by atoms with van der Waals surface area (Å²) in [5, 5.41) is 0.943. The van der Waals surface area contributed by atoms with Gasteiger partial charge >= 0.3 is 5.97 Å². The molecule has 0 aromatic carbocycles. The van der Waals surface area contributed by atoms with Crippen molar-refractivity contribution in [1.82, 2.24) is 4.98 Å². The van der Waals surface area contributed by atoms with E-state index in [1.165, 1.54) is 7.11 Å². The Morgan fingerprint density at radius 1 is 1.44 bits per heavy atom. The van der Waals surface area contributed by atoms with Crippen LogP contribution in [0.25, 0.3) is 0 Å². The van der Waals surface area contributed by atoms with Crippen molar-refractivity contribution in [3.8, 4) is 0 Å². The fourth-order valence-electron chi connectivity index (χ4n) is 1.56. The van der Waals surface area contributed by atoms with Crippen molar-refractivity contribution in [3.05, 3.63) is 10.6 Å². The van der Waals surface area contributed by atoms with Gasteiger partial charge in [0.1, 0.15) is 0 Å². The molecular weight excluding hydrogens is 244 g/mol. The fraction of sp³-hybridized carbons (Fsp3) is 0.600. The Morgan fingerprint density at radius 2 is 2.12 bits per heavy atom. The Morgan fingerprint density at radius 3 is 2.75 bits per heavy atom. The van der Waals surface area contributed by atoms with Crippen LogP contribution in [0.4, 0.5) is 5.13 Å². The molecule has 0 unspecified atom stereocenters. The summed E-state index contributed by atoms with van der Waals surface area (Å²) in [6.07, 6.45) is 0. The number of carbonyl (C=O) groups excluding carboxylic acids is 1. The van der Waals surface area contributed by atoms with Crippen LogP contribution in [0, 0.1) is 6.92 Å². The number of aryl methyl sites for hydroxylation is 1. The highest BCUT2D eigenvalue weighted by molar-refractivity contribution is 7.99. The van der Waals surface area contributed by atoms with Crippen molar-refractivity contribution < 1.29 is 9.53 Å². The number of rotatable bonds is 2. The number of aromatic nitrogens is 1. The largest absolute Gasteiger partial charge is 0.464 e. The Labute approximate surface area is 103 Å². The first-order chi connectivity index (χ1) is 7.72. The summed E-state index contributed by atoms with van der Waals surface area (Å²) in [4.78, 5) is 19.0. The van der Waals surface area contributed by atoms with E-state index in [4.69, 9.17) is 4.74 Å². The Kier molecular flexibility index (Phi) is 3.70. The van der Waals surface area contributed by atoms with Gasteiger partial charge in [0.05, 0.1) is 7.11 Å². The summed E-state index contributed by atoms with van der Waals surface area (Å²) < 4.78 is 4.70. The third kappa shape index (κ3) is 2.32. The lowest BCUT2D eigenvalue weighted by molar-refractivity contribution is 0.0594. The Bertz CT molecular complexity index is 386. The van der Waals surface area contributed by atoms with Gasteiger partial charge in [0, 0.05) is 29.5 Å². The monoisotopic (exact) mass is 258 g/mol. The summed E-state index contributed by atoms with van der Waals surface area (Å²) in [6, 6.07) is 0. The average molecular weight is 258 g/mol. The molecule has 88 valence electrons. The number of carbonyl (C=O) groups is 1. The molecule has 0 aliphatic carbocycles. The van der Waals surface area contributed by atoms with E-state index < -0.39 is 0 Å². The number of ether oxygens (including phenoxy) is 1. The molecule has 0 spiro atoms. The van der Waals surface area contributed by atoms with Crippen molar-refractivity contribution in [3.63, 3.8) is 0 Å². The van der Waals surface area contributed by atoms with Crippen LogP contribution in [0.3, 0.4) is 0 Å². The minimum atomic E-state index is -0.341. The molecule has 2 rings (SSSR count). The maximum atomic E-state index is 11.4. The van der Waals surface area contributed by atoms with Gasteiger partial charge in [-0.15, -0.1) is 11.3 Å². The first kappa shape index (κ1) is 11.7. The highest BCUT2D eigenvalue weighted by atomic mass is 32.2. The molecule has 16 heavy (non-hydrogen) atoms. The van der Waals surface area contributed by atoms with Gasteiger partial charge in [0.15, 0.2) is 10.8 Å². The van der Waals surface area contributed by atoms with E-state index >= 15 is 0 Å². The lowest BCUT2D eigenvalue weighted by atomic mass is 10.4. The van der Waals surface area contributed by atoms with Crippen LogP contribution >= 0.6 is 23.1 Å². The highest BCUT2D eigenvalue weighted by Crippen LogP contribution is 2.27. The van der Waals surface area contributed by atoms with Gasteiger partial charge in [0.25, 0.3) is 0 Å². The van der Waals surface area contributed by atoms with E-state index in [1.54, 1.807) is 11.3 Å². The van der Waals surface area contributed by atoms with Gasteiger partial charge in [0.2, 0.25) is 0 Å². The van der Waals surface area contributed by atoms with Gasteiger partial charge in [-0.2, -0.15) is 11.8 Å². The van der Waals surface area contributed by atoms with Crippen LogP contribution < -0.4 is 4.90 Å². The smallest absolute Gasteiger partial charge is 0.357 e. The molecule has 2 heterocycles. The number of anilines is 1. The third-order valence-corrected chi connectivity index (χ3v) is 4.42. The second kappa shape index (κ2) is 5.05. The summed E-state index contributed by atoms with van der Waals surface area (Å²) in [5.74, 6) is 1.92. The van der Waals surface area contributed by atoms with E-state index in [9.17, 15) is 4.79 Å². The molecule has 1 aliphatic rings. The third-order valence-electron chi connectivity index (χ3n) is 2.45. The van der Waals surface area contributed by atoms with Crippen molar-refractivity contribution in [2.24, 2.45) is 0 Å². The van der Waals surface area contributed by atoms with Crippen LogP contribution in [0.5, 0.6) is 0 Å². The van der Waals surface area contributed by atoms with Crippen LogP contribution in [0.2, 0.25) is 0 Å². The molecule has 1 aliphatic heterocycles. The van der Waals surface area contributed by atoms with Gasteiger partial charge in [-0.3, -0.25) is 0 Å². The zero-order valence-corrected chi connectivity index (χ0v) is 11.0. The molecule has 6 heteroatoms. The maximum absolute atomic E-state index is 11.4. The number of hydrogen-bond acceptors (Lipinski definition) is 6. The number of hydrogen-bond donors (Lipinski definition) is 0. The maximum Gasteiger partial charge on any atom is 0.357 e. The zero-order chi connectivity index (χ0) is 11.5. The second-order valence-electron chi connectivity index (χ2n) is 3.49. The summed E-state index contributed by atoms with van der Waals surface area (Å²) in [6.45, 7) is 3.93. The van der Waals surface area contributed by atoms with Gasteiger partial charge in [-0.1, -0.05) is 0 Å². The average Bonchev–Trinajstić information content (AvgIpc) is 2.71. The summed E-state index contributed by atoms with van der Waals surface area (Å²) >= 11 is 3.53. The highest BCUT2D eigenvalue weighted by Gasteiger charge is 2.20. The van der Waals surface area contributed by atoms with Crippen LogP contribution in [-0.2, 0) is 4.74 Å². The predicted molar refractivity (Wildman–Crippen MR) is 67.7 cm³/mol. The van der Waals surface area contributed by atoms with Crippen molar-refractivity contribution in [2.75, 3.05) is 36.6 Å². The molecule has 0 radical (unpaired) electrons. The lowest BCUT2D eigenvalue weighted by Gasteiger charge is -2.25. The van der Waals surface area contributed by atoms with Crippen molar-refractivity contribution >= 4 is 34.2 Å². The molecule has 1 fully saturated rings. The van der Waals surface area contributed by atoms with Crippen LogP contribution in [-0.4, -0.2) is 42.7 Å². The van der Waals surface area contributed by atoms with Crippen molar-refractivity contribution in [2.45, 2.75) is 6.92 Å². The molecule has 0 N–H and O–H groups in total. The molecule has 0 amide bonds. The van der Waals surface area contributed by atoms with Crippen molar-refractivity contribution in [1.29, 1.82) is 0 Å². The minimum absolute atomic E-state index is 0.341. The Balaban J connectivity index is 2.19. The summed E-state index contributed by atoms with van der Waals surface area (Å²) in [7, 11) is 1.39. The van der Waals surface area contributed by atoms with Gasteiger partial charge in [-0.05, 0) is 6.92 Å². The first-order valence-electron chi connectivity index (χ1n) is 5.11. The molecule has 0 bridgehead atoms. The predicted octanol–water partition coefficient (Wildman–Crippen LogP) is 1.79. The molecule has 1 aromatic heterocycles. The topological polar surface area (TPSA) is 42.4 Å². The van der Waals surface area contributed by atoms with E-state index in [0.29, 0.717) is 5.69 Å². The zero-order valence-electron chi connectivity index (χ0n) is 9.36. The quantitative estimate of drug-likeness (QED) is 0.757. The standard InChI is InChI=1S/C10H14N2O2S2/c1-7-8(9(13)14-2)11-10(16-7)12-3-5-15-6-4-12/h3-6H2,1-2H3. The van der Waals surface area contributed by atoms with E-state index in [0.717, 1.165) is 34.6 Å². The molecule has 0 atom stereocenters. The number of methoxy groups -OCH3 is 1. The van der Waals surface area contributed by atoms with Crippen LogP contribution in [0.1, 0.15) is 15.4 Å². The summed E-state index contributed by atoms with van der Waals surface area (Å²) in [5.41, 5.74) is 0.459. The van der Waals surface area contributed by atoms with E-state index in [1.807, 2.05) is 18.7 Å². The van der Waals surface area contributed by atoms with Crippen LogP contribution in [0.15, 0.2) is 0 Å². The number of thioether (sulfide) groups is 1. The Hall–Kier alpha value is -0.750. The van der Waals surface area contributed by atoms with Gasteiger partial charge < -0.3 is 9.64 Å². The number of nitrogens with zero attached hydrogens (tertiary/aromatic N) is 2.